The number of hydrogen-bond acceptors (Lipinski definition) is 4. The Kier molecular flexibility index (Phi) is 6.42. The molecule has 0 amide bonds. The van der Waals surface area contributed by atoms with Crippen LogP contribution in [0.4, 0.5) is 0 Å². The van der Waals surface area contributed by atoms with Gasteiger partial charge in [0.15, 0.2) is 0 Å². The maximum atomic E-state index is 12.2. The molecule has 4 saturated carbocycles. The summed E-state index contributed by atoms with van der Waals surface area (Å²) >= 11 is 0. The van der Waals surface area contributed by atoms with Crippen molar-refractivity contribution in [2.45, 2.75) is 111 Å². The Balaban J connectivity index is 1.56. The number of rotatable bonds is 5. The fourth-order valence-electron chi connectivity index (χ4n) is 8.99. The predicted molar refractivity (Wildman–Crippen MR) is 122 cm³/mol. The van der Waals surface area contributed by atoms with Crippen molar-refractivity contribution in [2.24, 2.45) is 52.3 Å². The van der Waals surface area contributed by atoms with Crippen LogP contribution in [0.5, 0.6) is 0 Å². The third-order valence-corrected chi connectivity index (χ3v) is 11.0. The summed E-state index contributed by atoms with van der Waals surface area (Å²) in [4.78, 5) is 12.2. The highest BCUT2D eigenvalue weighted by atomic mass is 16.3. The van der Waals surface area contributed by atoms with E-state index in [-0.39, 0.29) is 41.0 Å². The Bertz CT molecular complexity index is 676. The topological polar surface area (TPSA) is 77.8 Å². The van der Waals surface area contributed by atoms with Crippen molar-refractivity contribution in [3.8, 4) is 0 Å². The zero-order valence-electron chi connectivity index (χ0n) is 20.4. The van der Waals surface area contributed by atoms with Crippen LogP contribution in [0.2, 0.25) is 0 Å². The van der Waals surface area contributed by atoms with Crippen LogP contribution in [0.1, 0.15) is 92.4 Å². The molecule has 0 aromatic rings. The van der Waals surface area contributed by atoms with Crippen LogP contribution in [0.15, 0.2) is 0 Å². The normalized spacial score (nSPS) is 50.5. The minimum Gasteiger partial charge on any atom is -0.393 e. The number of carbonyl (C=O) groups excluding carboxylic acids is 1. The molecule has 4 aliphatic rings. The highest BCUT2D eigenvalue weighted by Gasteiger charge is 2.65. The van der Waals surface area contributed by atoms with Gasteiger partial charge in [-0.25, -0.2) is 0 Å². The zero-order chi connectivity index (χ0) is 22.7. The lowest BCUT2D eigenvalue weighted by Crippen LogP contribution is -2.62. The summed E-state index contributed by atoms with van der Waals surface area (Å²) in [5, 5.41) is 33.2. The van der Waals surface area contributed by atoms with Crippen LogP contribution in [-0.4, -0.2) is 39.4 Å². The van der Waals surface area contributed by atoms with Gasteiger partial charge in [0.2, 0.25) is 0 Å². The fourth-order valence-corrected chi connectivity index (χ4v) is 8.99. The molecule has 0 heterocycles. The molecule has 0 spiro atoms. The second-order valence-electron chi connectivity index (χ2n) is 12.7. The fraction of sp³-hybridized carbons (Fsp3) is 0.963. The van der Waals surface area contributed by atoms with Crippen LogP contribution in [-0.2, 0) is 4.79 Å². The van der Waals surface area contributed by atoms with Crippen molar-refractivity contribution in [1.82, 2.24) is 0 Å². The maximum absolute atomic E-state index is 12.2. The molecule has 0 aliphatic heterocycles. The van der Waals surface area contributed by atoms with Gasteiger partial charge in [0.05, 0.1) is 18.3 Å². The lowest BCUT2D eigenvalue weighted by molar-refractivity contribution is -0.207. The summed E-state index contributed by atoms with van der Waals surface area (Å²) in [5.41, 5.74) is -0.0430. The molecular formula is C27H46O4. The molecule has 4 fully saturated rings. The van der Waals surface area contributed by atoms with Crippen LogP contribution in [0, 0.1) is 52.3 Å². The molecule has 4 nitrogen and oxygen atoms in total. The molecule has 11 atom stereocenters. The van der Waals surface area contributed by atoms with Crippen molar-refractivity contribution in [3.63, 3.8) is 0 Å². The second kappa shape index (κ2) is 8.40. The zero-order valence-corrected chi connectivity index (χ0v) is 20.4. The highest BCUT2D eigenvalue weighted by molar-refractivity contribution is 5.80. The van der Waals surface area contributed by atoms with Crippen molar-refractivity contribution in [2.75, 3.05) is 0 Å². The Labute approximate surface area is 189 Å². The second-order valence-corrected chi connectivity index (χ2v) is 12.7. The standard InChI is InChI=1S/C27H46O4/c1-15(2)22(29)9-6-16(3)19-7-8-20-25-21(14-24(31)27(19,20)5)26(4)11-10-18(28)12-17(26)13-23(25)30/h15-21,23-25,28,30-31H,6-14H2,1-5H3/t16?,17-,18+,19+,20?,21?,23+,24-,25?,26-,27+/m0/s1. The summed E-state index contributed by atoms with van der Waals surface area (Å²) in [5.74, 6) is 2.60. The molecule has 0 aromatic heterocycles. The highest BCUT2D eigenvalue weighted by Crippen LogP contribution is 2.68. The Morgan fingerprint density at radius 1 is 0.968 bits per heavy atom. The Hall–Kier alpha value is -0.450. The molecule has 4 heteroatoms. The molecule has 31 heavy (non-hydrogen) atoms. The van der Waals surface area contributed by atoms with Gasteiger partial charge >= 0.3 is 0 Å². The molecule has 0 radical (unpaired) electrons. The summed E-state index contributed by atoms with van der Waals surface area (Å²) in [6.45, 7) is 10.9. The number of carbonyl (C=O) groups is 1. The van der Waals surface area contributed by atoms with Gasteiger partial charge in [-0.05, 0) is 97.7 Å². The Morgan fingerprint density at radius 2 is 1.68 bits per heavy atom. The molecule has 0 bridgehead atoms. The predicted octanol–water partition coefficient (Wildman–Crippen LogP) is 4.59. The quantitative estimate of drug-likeness (QED) is 0.591. The van der Waals surface area contributed by atoms with E-state index in [4.69, 9.17) is 0 Å². The summed E-state index contributed by atoms with van der Waals surface area (Å²) in [6.07, 6.45) is 7.11. The number of fused-ring (bicyclic) bond motifs is 5. The first-order valence-electron chi connectivity index (χ1n) is 13.1. The van der Waals surface area contributed by atoms with Crippen LogP contribution in [0.25, 0.3) is 0 Å². The third kappa shape index (κ3) is 3.73. The van der Waals surface area contributed by atoms with Gasteiger partial charge in [-0.1, -0.05) is 34.6 Å². The monoisotopic (exact) mass is 434 g/mol. The molecule has 0 saturated heterocycles. The van der Waals surface area contributed by atoms with E-state index in [1.54, 1.807) is 0 Å². The largest absolute Gasteiger partial charge is 0.393 e. The molecule has 0 aromatic carbocycles. The van der Waals surface area contributed by atoms with E-state index in [1.165, 1.54) is 0 Å². The first-order chi connectivity index (χ1) is 14.5. The van der Waals surface area contributed by atoms with E-state index < -0.39 is 0 Å². The van der Waals surface area contributed by atoms with E-state index in [0.29, 0.717) is 41.8 Å². The van der Waals surface area contributed by atoms with Crippen LogP contribution in [0.3, 0.4) is 0 Å². The first kappa shape index (κ1) is 23.7. The third-order valence-electron chi connectivity index (χ3n) is 11.0. The van der Waals surface area contributed by atoms with E-state index in [9.17, 15) is 20.1 Å². The van der Waals surface area contributed by atoms with Crippen LogP contribution < -0.4 is 0 Å². The van der Waals surface area contributed by atoms with Gasteiger partial charge in [0, 0.05) is 12.3 Å². The van der Waals surface area contributed by atoms with Gasteiger partial charge < -0.3 is 15.3 Å². The maximum Gasteiger partial charge on any atom is 0.135 e. The smallest absolute Gasteiger partial charge is 0.135 e. The number of Topliss-reactive ketones (excluding diaryl/α,β-unsaturated/α-hetero) is 1. The average Bonchev–Trinajstić information content (AvgIpc) is 3.06. The minimum absolute atomic E-state index is 0.0974. The molecule has 4 aliphatic carbocycles. The summed E-state index contributed by atoms with van der Waals surface area (Å²) < 4.78 is 0. The van der Waals surface area contributed by atoms with Crippen molar-refractivity contribution in [1.29, 1.82) is 0 Å². The number of aliphatic hydroxyl groups excluding tert-OH is 3. The Morgan fingerprint density at radius 3 is 2.35 bits per heavy atom. The number of aliphatic hydroxyl groups is 3. The van der Waals surface area contributed by atoms with Gasteiger partial charge in [0.1, 0.15) is 5.78 Å². The lowest BCUT2D eigenvalue weighted by Gasteiger charge is -2.63. The molecule has 4 unspecified atom stereocenters. The van der Waals surface area contributed by atoms with E-state index >= 15 is 0 Å². The SMILES string of the molecule is CC(C)C(=O)CCC(C)[C@H]1CCC2C3C(C[C@H](O)[C@@]21C)[C@@]1(C)CC[C@@H](O)C[C@H]1C[C@H]3O. The lowest BCUT2D eigenvalue weighted by atomic mass is 9.43. The van der Waals surface area contributed by atoms with E-state index in [2.05, 4.69) is 20.8 Å². The van der Waals surface area contributed by atoms with Crippen molar-refractivity contribution in [3.05, 3.63) is 0 Å². The van der Waals surface area contributed by atoms with Crippen LogP contribution >= 0.6 is 0 Å². The summed E-state index contributed by atoms with van der Waals surface area (Å²) in [7, 11) is 0. The van der Waals surface area contributed by atoms with Crippen molar-refractivity contribution < 1.29 is 20.1 Å². The number of hydrogen-bond donors (Lipinski definition) is 3. The minimum atomic E-state index is -0.343. The average molecular weight is 435 g/mol. The van der Waals surface area contributed by atoms with Gasteiger partial charge in [-0.15, -0.1) is 0 Å². The van der Waals surface area contributed by atoms with E-state index in [1.807, 2.05) is 13.8 Å². The molecule has 3 N–H and O–H groups in total. The molecule has 178 valence electrons. The van der Waals surface area contributed by atoms with Gasteiger partial charge in [0.25, 0.3) is 0 Å². The molecular weight excluding hydrogens is 388 g/mol. The van der Waals surface area contributed by atoms with Gasteiger partial charge in [-0.3, -0.25) is 4.79 Å². The molecule has 4 rings (SSSR count). The van der Waals surface area contributed by atoms with Crippen molar-refractivity contribution >= 4 is 5.78 Å². The van der Waals surface area contributed by atoms with E-state index in [0.717, 1.165) is 51.4 Å². The number of ketones is 1. The summed E-state index contributed by atoms with van der Waals surface area (Å²) in [6, 6.07) is 0. The first-order valence-corrected chi connectivity index (χ1v) is 13.1. The van der Waals surface area contributed by atoms with Gasteiger partial charge in [-0.2, -0.15) is 0 Å².